The maximum absolute atomic E-state index is 9.86. The lowest BCUT2D eigenvalue weighted by molar-refractivity contribution is 0.494. The lowest BCUT2D eigenvalue weighted by Crippen LogP contribution is -1.88. The second-order valence-electron chi connectivity index (χ2n) is 0.922. The van der Waals surface area contributed by atoms with Crippen LogP contribution in [0.5, 0.6) is 0 Å². The van der Waals surface area contributed by atoms with Crippen LogP contribution >= 0.6 is 31.9 Å². The van der Waals surface area contributed by atoms with Crippen molar-refractivity contribution in [3.63, 3.8) is 0 Å². The molecule has 0 saturated carbocycles. The van der Waals surface area contributed by atoms with E-state index in [2.05, 4.69) is 31.9 Å². The van der Waals surface area contributed by atoms with Gasteiger partial charge in [0.2, 0.25) is 0 Å². The molecule has 0 aromatic rings. The van der Waals surface area contributed by atoms with E-state index in [1.807, 2.05) is 0 Å². The Morgan fingerprint density at radius 2 is 1.88 bits per heavy atom. The Balaban J connectivity index is 4.36. The van der Waals surface area contributed by atoms with Gasteiger partial charge in [-0.1, -0.05) is 0 Å². The highest BCUT2D eigenvalue weighted by molar-refractivity contribution is 9.28. The zero-order chi connectivity index (χ0) is 6.78. The monoisotopic (exact) mass is 264 g/mol. The first-order valence-electron chi connectivity index (χ1n) is 1.42. The third-order valence-corrected chi connectivity index (χ3v) is 1.84. The molecule has 6 heteroatoms. The molecule has 0 spiro atoms. The van der Waals surface area contributed by atoms with E-state index in [9.17, 15) is 8.42 Å². The molecule has 0 aliphatic rings. The fourth-order valence-electron chi connectivity index (χ4n) is 0.113. The van der Waals surface area contributed by atoms with Gasteiger partial charge in [-0.3, -0.25) is 4.55 Å². The van der Waals surface area contributed by atoms with E-state index in [4.69, 9.17) is 4.55 Å². The molecule has 1 N–H and O–H groups in total. The fourth-order valence-corrected chi connectivity index (χ4v) is 1.75. The molecular weight excluding hydrogens is 264 g/mol. The van der Waals surface area contributed by atoms with E-state index < -0.39 is 10.1 Å². The quantitative estimate of drug-likeness (QED) is 0.731. The zero-order valence-electron chi connectivity index (χ0n) is 3.51. The third-order valence-electron chi connectivity index (χ3n) is 0.238. The topological polar surface area (TPSA) is 54.4 Å². The van der Waals surface area contributed by atoms with Gasteiger partial charge in [0.25, 0.3) is 10.1 Å². The highest BCUT2D eigenvalue weighted by atomic mass is 79.9. The smallest absolute Gasteiger partial charge is 0.282 e. The Labute approximate surface area is 63.8 Å². The third kappa shape index (κ3) is 6.61. The minimum Gasteiger partial charge on any atom is -0.282 e. The van der Waals surface area contributed by atoms with E-state index in [0.29, 0.717) is 5.41 Å². The number of halogens is 2. The summed E-state index contributed by atoms with van der Waals surface area (Å²) in [6.45, 7) is 0. The van der Waals surface area contributed by atoms with Gasteiger partial charge >= 0.3 is 0 Å². The first-order chi connectivity index (χ1) is 3.42. The molecular formula is C2H2Br2O3S. The SMILES string of the molecule is O=S(=O)(O)C=C(Br)Br. The first kappa shape index (κ1) is 8.61. The van der Waals surface area contributed by atoms with E-state index in [0.717, 1.165) is 0 Å². The molecule has 0 aromatic carbocycles. The Hall–Kier alpha value is 0.610. The van der Waals surface area contributed by atoms with Crippen LogP contribution in [0.15, 0.2) is 8.80 Å². The van der Waals surface area contributed by atoms with E-state index in [-0.39, 0.29) is 3.39 Å². The first-order valence-corrected chi connectivity index (χ1v) is 4.51. The summed E-state index contributed by atoms with van der Waals surface area (Å²) in [7, 11) is -3.98. The summed E-state index contributed by atoms with van der Waals surface area (Å²) in [5, 5.41) is 0.632. The zero-order valence-corrected chi connectivity index (χ0v) is 7.49. The van der Waals surface area contributed by atoms with Crippen molar-refractivity contribution in [2.24, 2.45) is 0 Å². The molecule has 3 nitrogen and oxygen atoms in total. The lowest BCUT2D eigenvalue weighted by atomic mass is 11.3. The summed E-state index contributed by atoms with van der Waals surface area (Å²) in [5.74, 6) is 0. The van der Waals surface area contributed by atoms with Crippen LogP contribution in [-0.4, -0.2) is 13.0 Å². The normalized spacial score (nSPS) is 10.9. The molecule has 0 aliphatic carbocycles. The summed E-state index contributed by atoms with van der Waals surface area (Å²) in [6, 6.07) is 0. The van der Waals surface area contributed by atoms with Crippen LogP contribution in [0.4, 0.5) is 0 Å². The summed E-state index contributed by atoms with van der Waals surface area (Å²) >= 11 is 5.50. The van der Waals surface area contributed by atoms with Crippen LogP contribution in [-0.2, 0) is 10.1 Å². The predicted octanol–water partition coefficient (Wildman–Crippen LogP) is 1.46. The van der Waals surface area contributed by atoms with Crippen molar-refractivity contribution in [2.75, 3.05) is 0 Å². The van der Waals surface area contributed by atoms with E-state index >= 15 is 0 Å². The van der Waals surface area contributed by atoms with Crippen molar-refractivity contribution in [1.29, 1.82) is 0 Å². The molecule has 0 bridgehead atoms. The molecule has 0 heterocycles. The Kier molecular flexibility index (Phi) is 3.18. The van der Waals surface area contributed by atoms with Gasteiger partial charge in [-0.15, -0.1) is 0 Å². The van der Waals surface area contributed by atoms with Gasteiger partial charge in [-0.2, -0.15) is 8.42 Å². The minimum atomic E-state index is -3.98. The van der Waals surface area contributed by atoms with Gasteiger partial charge in [0.1, 0.15) is 0 Å². The molecule has 48 valence electrons. The fraction of sp³-hybridized carbons (Fsp3) is 0. The molecule has 0 saturated heterocycles. The molecule has 0 rings (SSSR count). The maximum atomic E-state index is 9.86. The van der Waals surface area contributed by atoms with Crippen LogP contribution in [0.25, 0.3) is 0 Å². The average Bonchev–Trinajstić information content (AvgIpc) is 1.21. The van der Waals surface area contributed by atoms with E-state index in [1.165, 1.54) is 0 Å². The van der Waals surface area contributed by atoms with Crippen molar-refractivity contribution < 1.29 is 13.0 Å². The predicted molar refractivity (Wildman–Crippen MR) is 37.5 cm³/mol. The van der Waals surface area contributed by atoms with Gasteiger partial charge in [0.15, 0.2) is 0 Å². The van der Waals surface area contributed by atoms with Gasteiger partial charge < -0.3 is 0 Å². The summed E-state index contributed by atoms with van der Waals surface area (Å²) in [4.78, 5) is 0. The molecule has 0 aromatic heterocycles. The molecule has 0 radical (unpaired) electrons. The van der Waals surface area contributed by atoms with Crippen molar-refractivity contribution in [2.45, 2.75) is 0 Å². The second-order valence-corrected chi connectivity index (χ2v) is 4.96. The lowest BCUT2D eigenvalue weighted by Gasteiger charge is -1.81. The molecule has 0 atom stereocenters. The van der Waals surface area contributed by atoms with Gasteiger partial charge in [-0.05, 0) is 31.9 Å². The van der Waals surface area contributed by atoms with Crippen molar-refractivity contribution in [3.05, 3.63) is 8.80 Å². The van der Waals surface area contributed by atoms with Crippen molar-refractivity contribution >= 4 is 42.0 Å². The molecule has 8 heavy (non-hydrogen) atoms. The highest BCUT2D eigenvalue weighted by Gasteiger charge is 1.96. The number of rotatable bonds is 1. The van der Waals surface area contributed by atoms with Gasteiger partial charge in [-0.25, -0.2) is 0 Å². The molecule has 0 aliphatic heterocycles. The second kappa shape index (κ2) is 2.95. The van der Waals surface area contributed by atoms with Crippen molar-refractivity contribution in [3.8, 4) is 0 Å². The molecule has 0 amide bonds. The molecule has 0 unspecified atom stereocenters. The number of hydrogen-bond donors (Lipinski definition) is 1. The maximum Gasteiger partial charge on any atom is 0.289 e. The van der Waals surface area contributed by atoms with Crippen LogP contribution in [0.2, 0.25) is 0 Å². The van der Waals surface area contributed by atoms with Crippen LogP contribution < -0.4 is 0 Å². The number of hydrogen-bond acceptors (Lipinski definition) is 2. The highest BCUT2D eigenvalue weighted by Crippen LogP contribution is 2.13. The minimum absolute atomic E-state index is 0.188. The Morgan fingerprint density at radius 1 is 1.50 bits per heavy atom. The largest absolute Gasteiger partial charge is 0.289 e. The van der Waals surface area contributed by atoms with Crippen LogP contribution in [0, 0.1) is 0 Å². The van der Waals surface area contributed by atoms with Crippen molar-refractivity contribution in [1.82, 2.24) is 0 Å². The van der Waals surface area contributed by atoms with Gasteiger partial charge in [0.05, 0.1) is 8.80 Å². The standard InChI is InChI=1S/C2H2Br2O3S/c3-2(4)1-8(5,6)7/h1H,(H,5,6,7). The van der Waals surface area contributed by atoms with Crippen LogP contribution in [0.1, 0.15) is 0 Å². The van der Waals surface area contributed by atoms with Crippen LogP contribution in [0.3, 0.4) is 0 Å². The van der Waals surface area contributed by atoms with E-state index in [1.54, 1.807) is 0 Å². The average molecular weight is 266 g/mol. The summed E-state index contributed by atoms with van der Waals surface area (Å²) < 4.78 is 27.9. The van der Waals surface area contributed by atoms with Gasteiger partial charge in [0, 0.05) is 0 Å². The summed E-state index contributed by atoms with van der Waals surface area (Å²) in [6.07, 6.45) is 0. The molecule has 0 fully saturated rings. The Bertz CT molecular complexity index is 187. The Morgan fingerprint density at radius 3 is 1.88 bits per heavy atom. The summed E-state index contributed by atoms with van der Waals surface area (Å²) in [5.41, 5.74) is 0.